The largest absolute Gasteiger partial charge is 0.481 e. The SMILES string of the molecule is CCC(CN(C)S(=O)(=O)C1CC1)N1C(=O)[C@@](CC)(CC(=O)O)CC(c2cccc(Cl)c2)[C@H]1c1ccc(Cl)cc1. The number of benzene rings is 2. The van der Waals surface area contributed by atoms with Gasteiger partial charge in [-0.1, -0.05) is 61.3 Å². The summed E-state index contributed by atoms with van der Waals surface area (Å²) < 4.78 is 27.5. The van der Waals surface area contributed by atoms with Crippen molar-refractivity contribution in [3.05, 3.63) is 69.7 Å². The summed E-state index contributed by atoms with van der Waals surface area (Å²) in [5.74, 6) is -1.57. The summed E-state index contributed by atoms with van der Waals surface area (Å²) in [6.07, 6.45) is 2.14. The van der Waals surface area contributed by atoms with Crippen LogP contribution in [0, 0.1) is 5.41 Å². The highest BCUT2D eigenvalue weighted by Gasteiger charge is 2.54. The van der Waals surface area contributed by atoms with E-state index in [0.717, 1.165) is 11.1 Å². The van der Waals surface area contributed by atoms with Crippen molar-refractivity contribution in [2.24, 2.45) is 5.41 Å². The number of halogens is 2. The predicted octanol–water partition coefficient (Wildman–Crippen LogP) is 6.12. The topological polar surface area (TPSA) is 95.0 Å². The lowest BCUT2D eigenvalue weighted by molar-refractivity contribution is -0.162. The van der Waals surface area contributed by atoms with Crippen LogP contribution in [0.3, 0.4) is 0 Å². The average Bonchev–Trinajstić information content (AvgIpc) is 3.75. The maximum atomic E-state index is 14.5. The molecule has 2 unspecified atom stereocenters. The lowest BCUT2D eigenvalue weighted by Crippen LogP contribution is -2.59. The van der Waals surface area contributed by atoms with Gasteiger partial charge in [0.25, 0.3) is 0 Å². The van der Waals surface area contributed by atoms with E-state index in [0.29, 0.717) is 42.1 Å². The van der Waals surface area contributed by atoms with Gasteiger partial charge in [-0.3, -0.25) is 9.59 Å². The van der Waals surface area contributed by atoms with Crippen molar-refractivity contribution in [2.45, 2.75) is 75.6 Å². The van der Waals surface area contributed by atoms with E-state index in [1.165, 1.54) is 4.31 Å². The van der Waals surface area contributed by atoms with Crippen LogP contribution in [-0.2, 0) is 19.6 Å². The van der Waals surface area contributed by atoms with Crippen LogP contribution in [0.15, 0.2) is 48.5 Å². The summed E-state index contributed by atoms with van der Waals surface area (Å²) in [5.41, 5.74) is 0.601. The number of hydrogen-bond acceptors (Lipinski definition) is 4. The van der Waals surface area contributed by atoms with E-state index in [1.54, 1.807) is 30.1 Å². The number of piperidine rings is 1. The maximum Gasteiger partial charge on any atom is 0.304 e. The van der Waals surface area contributed by atoms with E-state index in [9.17, 15) is 23.1 Å². The zero-order valence-electron chi connectivity index (χ0n) is 22.5. The van der Waals surface area contributed by atoms with Crippen molar-refractivity contribution < 1.29 is 23.1 Å². The zero-order valence-corrected chi connectivity index (χ0v) is 24.8. The first-order valence-electron chi connectivity index (χ1n) is 13.4. The van der Waals surface area contributed by atoms with E-state index in [1.807, 2.05) is 44.2 Å². The van der Waals surface area contributed by atoms with Crippen LogP contribution in [0.5, 0.6) is 0 Å². The molecule has 2 aromatic carbocycles. The molecular formula is C29H36Cl2N2O5S. The average molecular weight is 596 g/mol. The lowest BCUT2D eigenvalue weighted by Gasteiger charge is -2.53. The van der Waals surface area contributed by atoms with E-state index < -0.39 is 33.5 Å². The van der Waals surface area contributed by atoms with Gasteiger partial charge in [0, 0.05) is 35.6 Å². The molecule has 2 aliphatic rings. The molecule has 1 aliphatic carbocycles. The summed E-state index contributed by atoms with van der Waals surface area (Å²) in [4.78, 5) is 28.4. The number of likely N-dealkylation sites (tertiary alicyclic amines) is 1. The molecule has 2 fully saturated rings. The van der Waals surface area contributed by atoms with Gasteiger partial charge in [-0.05, 0) is 67.5 Å². The molecule has 0 aromatic heterocycles. The fourth-order valence-corrected chi connectivity index (χ4v) is 7.94. The molecule has 2 aromatic rings. The van der Waals surface area contributed by atoms with Crippen molar-refractivity contribution in [1.29, 1.82) is 0 Å². The molecule has 1 heterocycles. The van der Waals surface area contributed by atoms with E-state index in [2.05, 4.69) is 0 Å². The molecule has 0 bridgehead atoms. The maximum absolute atomic E-state index is 14.5. The van der Waals surface area contributed by atoms with Crippen molar-refractivity contribution in [1.82, 2.24) is 9.21 Å². The number of hydrogen-bond donors (Lipinski definition) is 1. The van der Waals surface area contributed by atoms with Crippen LogP contribution in [0.25, 0.3) is 0 Å². The van der Waals surface area contributed by atoms with Crippen molar-refractivity contribution in [3.63, 3.8) is 0 Å². The number of sulfonamides is 1. The third kappa shape index (κ3) is 6.14. The van der Waals surface area contributed by atoms with Gasteiger partial charge >= 0.3 is 5.97 Å². The fraction of sp³-hybridized carbons (Fsp3) is 0.517. The van der Waals surface area contributed by atoms with Crippen LogP contribution in [0.4, 0.5) is 0 Å². The highest BCUT2D eigenvalue weighted by Crippen LogP contribution is 2.53. The van der Waals surface area contributed by atoms with Crippen LogP contribution in [0.2, 0.25) is 10.0 Å². The van der Waals surface area contributed by atoms with E-state index in [-0.39, 0.29) is 30.0 Å². The quantitative estimate of drug-likeness (QED) is 0.338. The minimum atomic E-state index is -3.47. The summed E-state index contributed by atoms with van der Waals surface area (Å²) in [7, 11) is -1.90. The Morgan fingerprint density at radius 1 is 1.10 bits per heavy atom. The van der Waals surface area contributed by atoms with Crippen molar-refractivity contribution in [2.75, 3.05) is 13.6 Å². The van der Waals surface area contributed by atoms with Crippen LogP contribution >= 0.6 is 23.2 Å². The Bertz CT molecular complexity index is 1320. The van der Waals surface area contributed by atoms with Gasteiger partial charge in [0.05, 0.1) is 23.1 Å². The highest BCUT2D eigenvalue weighted by molar-refractivity contribution is 7.90. The van der Waals surface area contributed by atoms with Crippen LogP contribution < -0.4 is 0 Å². The first kappa shape index (κ1) is 29.8. The smallest absolute Gasteiger partial charge is 0.304 e. The molecule has 1 N–H and O–H groups in total. The number of amides is 1. The minimum Gasteiger partial charge on any atom is -0.481 e. The Morgan fingerprint density at radius 2 is 1.77 bits per heavy atom. The first-order valence-corrected chi connectivity index (χ1v) is 15.7. The van der Waals surface area contributed by atoms with Gasteiger partial charge in [0.15, 0.2) is 0 Å². The Kier molecular flexibility index (Phi) is 9.01. The van der Waals surface area contributed by atoms with Gasteiger partial charge in [-0.25, -0.2) is 12.7 Å². The zero-order chi connectivity index (χ0) is 28.5. The highest BCUT2D eigenvalue weighted by atomic mass is 35.5. The molecule has 4 atom stereocenters. The fourth-order valence-electron chi connectivity index (χ4n) is 5.99. The Hall–Kier alpha value is -2.13. The first-order chi connectivity index (χ1) is 18.4. The van der Waals surface area contributed by atoms with Gasteiger partial charge in [-0.2, -0.15) is 0 Å². The van der Waals surface area contributed by atoms with Crippen molar-refractivity contribution >= 4 is 45.1 Å². The molecule has 0 radical (unpaired) electrons. The lowest BCUT2D eigenvalue weighted by atomic mass is 9.65. The minimum absolute atomic E-state index is 0.125. The molecule has 10 heteroatoms. The Labute approximate surface area is 241 Å². The second kappa shape index (κ2) is 11.8. The number of carboxylic acid groups (broad SMARTS) is 1. The Morgan fingerprint density at radius 3 is 2.31 bits per heavy atom. The van der Waals surface area contributed by atoms with Gasteiger partial charge in [0.1, 0.15) is 0 Å². The number of nitrogens with zero attached hydrogens (tertiary/aromatic N) is 2. The summed E-state index contributed by atoms with van der Waals surface area (Å²) >= 11 is 12.6. The summed E-state index contributed by atoms with van der Waals surface area (Å²) in [5, 5.41) is 10.6. The molecule has 7 nitrogen and oxygen atoms in total. The predicted molar refractivity (Wildman–Crippen MR) is 153 cm³/mol. The molecule has 1 saturated heterocycles. The number of likely N-dealkylation sites (N-methyl/N-ethyl adjacent to an activating group) is 1. The molecular weight excluding hydrogens is 559 g/mol. The number of rotatable bonds is 11. The molecule has 39 heavy (non-hydrogen) atoms. The third-order valence-corrected chi connectivity index (χ3v) is 11.2. The molecule has 1 aliphatic heterocycles. The van der Waals surface area contributed by atoms with Crippen LogP contribution in [-0.4, -0.2) is 59.5 Å². The third-order valence-electron chi connectivity index (χ3n) is 8.35. The number of carbonyl (C=O) groups excluding carboxylic acids is 1. The second-order valence-corrected chi connectivity index (χ2v) is 14.1. The van der Waals surface area contributed by atoms with E-state index in [4.69, 9.17) is 23.2 Å². The molecule has 1 saturated carbocycles. The molecule has 212 valence electrons. The summed E-state index contributed by atoms with van der Waals surface area (Å²) in [6, 6.07) is 13.9. The molecule has 0 spiro atoms. The number of carbonyl (C=O) groups is 2. The second-order valence-electron chi connectivity index (χ2n) is 10.9. The summed E-state index contributed by atoms with van der Waals surface area (Å²) in [6.45, 7) is 3.91. The van der Waals surface area contributed by atoms with Gasteiger partial charge < -0.3 is 10.0 Å². The number of carboxylic acids is 1. The van der Waals surface area contributed by atoms with E-state index >= 15 is 0 Å². The van der Waals surface area contributed by atoms with Crippen molar-refractivity contribution in [3.8, 4) is 0 Å². The Balaban J connectivity index is 1.89. The molecule has 4 rings (SSSR count). The normalized spacial score (nSPS) is 24.7. The standard InChI is InChI=1S/C29H36Cl2N2O5S/c1-4-23(18-32(3)39(37,38)24-13-14-24)33-27(19-9-11-21(30)12-10-19)25(20-7-6-8-22(31)15-20)16-29(5-2,28(33)36)17-26(34)35/h6-12,15,23-25,27H,4-5,13-14,16-18H2,1-3H3,(H,34,35)/t23?,25?,27-,29-/m1/s1. The van der Waals surface area contributed by atoms with Gasteiger partial charge in [0.2, 0.25) is 15.9 Å². The number of aliphatic carboxylic acids is 1. The molecule has 1 amide bonds. The van der Waals surface area contributed by atoms with Gasteiger partial charge in [-0.15, -0.1) is 0 Å². The monoisotopic (exact) mass is 594 g/mol. The van der Waals surface area contributed by atoms with Crippen LogP contribution in [0.1, 0.15) is 75.5 Å².